The van der Waals surface area contributed by atoms with E-state index in [1.54, 1.807) is 24.3 Å². The molecule has 0 saturated heterocycles. The van der Waals surface area contributed by atoms with Crippen molar-refractivity contribution < 1.29 is 9.13 Å². The van der Waals surface area contributed by atoms with Gasteiger partial charge in [-0.05, 0) is 60.7 Å². The van der Waals surface area contributed by atoms with Crippen LogP contribution in [0.4, 0.5) is 4.39 Å². The number of hydrogen-bond acceptors (Lipinski definition) is 3. The van der Waals surface area contributed by atoms with E-state index in [2.05, 4.69) is 4.98 Å². The molecule has 22 heavy (non-hydrogen) atoms. The topological polar surface area (TPSA) is 45.9 Å². The van der Waals surface area contributed by atoms with Crippen LogP contribution in [-0.2, 0) is 0 Å². The molecule has 1 aromatic heterocycles. The first-order chi connectivity index (χ1) is 10.7. The van der Waals surface area contributed by atoms with Gasteiger partial charge in [0.1, 0.15) is 23.4 Å². The predicted octanol–water partition coefficient (Wildman–Crippen LogP) is 4.55. The van der Waals surface area contributed by atoms with Crippen molar-refractivity contribution >= 4 is 0 Å². The van der Waals surface area contributed by atoms with E-state index < -0.39 is 0 Å². The molecule has 0 atom stereocenters. The monoisotopic (exact) mass is 290 g/mol. The number of rotatable bonds is 3. The van der Waals surface area contributed by atoms with Gasteiger partial charge in [0.2, 0.25) is 0 Å². The Bertz CT molecular complexity index is 804. The van der Waals surface area contributed by atoms with Gasteiger partial charge < -0.3 is 4.74 Å². The van der Waals surface area contributed by atoms with E-state index in [1.165, 1.54) is 18.3 Å². The van der Waals surface area contributed by atoms with Crippen molar-refractivity contribution in [2.75, 3.05) is 0 Å². The number of nitriles is 1. The summed E-state index contributed by atoms with van der Waals surface area (Å²) in [5.74, 6) is 0.934. The molecule has 0 fully saturated rings. The fourth-order valence-corrected chi connectivity index (χ4v) is 1.96. The van der Waals surface area contributed by atoms with Crippen LogP contribution in [0.3, 0.4) is 0 Å². The van der Waals surface area contributed by atoms with Gasteiger partial charge in [0, 0.05) is 11.8 Å². The minimum Gasteiger partial charge on any atom is -0.457 e. The van der Waals surface area contributed by atoms with E-state index in [0.717, 1.165) is 11.3 Å². The van der Waals surface area contributed by atoms with Crippen LogP contribution in [0.1, 0.15) is 5.56 Å². The summed E-state index contributed by atoms with van der Waals surface area (Å²) >= 11 is 0. The molecule has 0 bridgehead atoms. The molecule has 0 spiro atoms. The Labute approximate surface area is 127 Å². The van der Waals surface area contributed by atoms with E-state index in [9.17, 15) is 4.39 Å². The van der Waals surface area contributed by atoms with Crippen LogP contribution in [0.5, 0.6) is 11.5 Å². The molecule has 3 rings (SSSR count). The minimum absolute atomic E-state index is 0.297. The molecule has 1 heterocycles. The van der Waals surface area contributed by atoms with E-state index in [-0.39, 0.29) is 5.82 Å². The highest BCUT2D eigenvalue weighted by Gasteiger charge is 2.02. The molecule has 0 saturated carbocycles. The standard InChI is InChI=1S/C18H11FN2O/c19-15-4-8-17(9-5-15)22-16-6-2-14(3-7-16)18-10-1-13(11-20)12-21-18/h1-10,12H. The molecule has 0 aliphatic carbocycles. The average Bonchev–Trinajstić information content (AvgIpc) is 2.58. The molecule has 0 N–H and O–H groups in total. The summed E-state index contributed by atoms with van der Waals surface area (Å²) in [4.78, 5) is 4.24. The maximum absolute atomic E-state index is 12.8. The molecule has 3 aromatic rings. The lowest BCUT2D eigenvalue weighted by Crippen LogP contribution is -1.87. The van der Waals surface area contributed by atoms with Crippen molar-refractivity contribution in [1.82, 2.24) is 4.98 Å². The molecule has 4 heteroatoms. The summed E-state index contributed by atoms with van der Waals surface area (Å²) in [7, 11) is 0. The number of pyridine rings is 1. The van der Waals surface area contributed by atoms with Gasteiger partial charge in [0.25, 0.3) is 0 Å². The normalized spacial score (nSPS) is 10.0. The van der Waals surface area contributed by atoms with Crippen LogP contribution in [0.2, 0.25) is 0 Å². The van der Waals surface area contributed by atoms with Gasteiger partial charge in [-0.2, -0.15) is 5.26 Å². The van der Waals surface area contributed by atoms with Crippen molar-refractivity contribution in [3.63, 3.8) is 0 Å². The second-order valence-corrected chi connectivity index (χ2v) is 4.62. The Hall–Kier alpha value is -3.19. The van der Waals surface area contributed by atoms with E-state index in [4.69, 9.17) is 10.00 Å². The van der Waals surface area contributed by atoms with Crippen LogP contribution < -0.4 is 4.74 Å². The van der Waals surface area contributed by atoms with Crippen LogP contribution in [0.15, 0.2) is 66.9 Å². The number of nitrogens with zero attached hydrogens (tertiary/aromatic N) is 2. The Balaban J connectivity index is 1.77. The van der Waals surface area contributed by atoms with E-state index in [0.29, 0.717) is 17.1 Å². The van der Waals surface area contributed by atoms with Crippen molar-refractivity contribution in [3.8, 4) is 28.8 Å². The van der Waals surface area contributed by atoms with Crippen molar-refractivity contribution in [1.29, 1.82) is 5.26 Å². The number of aromatic nitrogens is 1. The summed E-state index contributed by atoms with van der Waals surface area (Å²) in [5, 5.41) is 8.76. The van der Waals surface area contributed by atoms with Crippen LogP contribution in [0, 0.1) is 17.1 Å². The van der Waals surface area contributed by atoms with Crippen molar-refractivity contribution in [2.45, 2.75) is 0 Å². The molecule has 0 radical (unpaired) electrons. The highest BCUT2D eigenvalue weighted by molar-refractivity contribution is 5.60. The van der Waals surface area contributed by atoms with Gasteiger partial charge in [-0.15, -0.1) is 0 Å². The second-order valence-electron chi connectivity index (χ2n) is 4.62. The van der Waals surface area contributed by atoms with Crippen molar-refractivity contribution in [3.05, 3.63) is 78.2 Å². The lowest BCUT2D eigenvalue weighted by Gasteiger charge is -2.06. The maximum Gasteiger partial charge on any atom is 0.127 e. The number of halogens is 1. The zero-order chi connectivity index (χ0) is 15.4. The van der Waals surface area contributed by atoms with E-state index >= 15 is 0 Å². The zero-order valence-corrected chi connectivity index (χ0v) is 11.5. The van der Waals surface area contributed by atoms with Gasteiger partial charge in [-0.3, -0.25) is 4.98 Å². The third-order valence-electron chi connectivity index (χ3n) is 3.09. The molecule has 2 aromatic carbocycles. The van der Waals surface area contributed by atoms with Crippen molar-refractivity contribution in [2.24, 2.45) is 0 Å². The molecule has 106 valence electrons. The lowest BCUT2D eigenvalue weighted by molar-refractivity contribution is 0.480. The fraction of sp³-hybridized carbons (Fsp3) is 0. The third kappa shape index (κ3) is 3.10. The highest BCUT2D eigenvalue weighted by Crippen LogP contribution is 2.25. The Morgan fingerprint density at radius 2 is 1.50 bits per heavy atom. The predicted molar refractivity (Wildman–Crippen MR) is 80.9 cm³/mol. The largest absolute Gasteiger partial charge is 0.457 e. The minimum atomic E-state index is -0.297. The molecule has 0 aliphatic rings. The Kier molecular flexibility index (Phi) is 3.80. The summed E-state index contributed by atoms with van der Waals surface area (Å²) in [6.07, 6.45) is 1.54. The number of ether oxygens (including phenoxy) is 1. The van der Waals surface area contributed by atoms with Gasteiger partial charge >= 0.3 is 0 Å². The highest BCUT2D eigenvalue weighted by atomic mass is 19.1. The second kappa shape index (κ2) is 6.06. The molecule has 0 amide bonds. The smallest absolute Gasteiger partial charge is 0.127 e. The van der Waals surface area contributed by atoms with Crippen LogP contribution >= 0.6 is 0 Å². The summed E-state index contributed by atoms with van der Waals surface area (Å²) in [6, 6.07) is 18.8. The number of benzene rings is 2. The average molecular weight is 290 g/mol. The maximum atomic E-state index is 12.8. The summed E-state index contributed by atoms with van der Waals surface area (Å²) < 4.78 is 18.5. The Morgan fingerprint density at radius 3 is 2.05 bits per heavy atom. The van der Waals surface area contributed by atoms with E-state index in [1.807, 2.05) is 30.3 Å². The van der Waals surface area contributed by atoms with Crippen LogP contribution in [0.25, 0.3) is 11.3 Å². The SMILES string of the molecule is N#Cc1ccc(-c2ccc(Oc3ccc(F)cc3)cc2)nc1. The lowest BCUT2D eigenvalue weighted by atomic mass is 10.1. The quantitative estimate of drug-likeness (QED) is 0.710. The first kappa shape index (κ1) is 13.8. The van der Waals surface area contributed by atoms with Gasteiger partial charge in [0.05, 0.1) is 11.3 Å². The fourth-order valence-electron chi connectivity index (χ4n) is 1.96. The summed E-state index contributed by atoms with van der Waals surface area (Å²) in [6.45, 7) is 0. The van der Waals surface area contributed by atoms with Crippen LogP contribution in [-0.4, -0.2) is 4.98 Å². The third-order valence-corrected chi connectivity index (χ3v) is 3.09. The first-order valence-corrected chi connectivity index (χ1v) is 6.64. The van der Waals surface area contributed by atoms with Gasteiger partial charge in [0.15, 0.2) is 0 Å². The number of hydrogen-bond donors (Lipinski definition) is 0. The molecular weight excluding hydrogens is 279 g/mol. The Morgan fingerprint density at radius 1 is 0.864 bits per heavy atom. The first-order valence-electron chi connectivity index (χ1n) is 6.64. The zero-order valence-electron chi connectivity index (χ0n) is 11.5. The molecule has 0 aliphatic heterocycles. The molecular formula is C18H11FN2O. The van der Waals surface area contributed by atoms with Gasteiger partial charge in [-0.25, -0.2) is 4.39 Å². The van der Waals surface area contributed by atoms with Gasteiger partial charge in [-0.1, -0.05) is 0 Å². The summed E-state index contributed by atoms with van der Waals surface area (Å²) in [5.41, 5.74) is 2.24. The molecule has 3 nitrogen and oxygen atoms in total. The molecule has 0 unspecified atom stereocenters.